The molecule has 1 N–H and O–H groups in total. The van der Waals surface area contributed by atoms with E-state index in [0.717, 1.165) is 6.07 Å². The van der Waals surface area contributed by atoms with Crippen LogP contribution in [0.15, 0.2) is 90.5 Å². The fourth-order valence-corrected chi connectivity index (χ4v) is 5.41. The van der Waals surface area contributed by atoms with Gasteiger partial charge in [0.2, 0.25) is 7.29 Å². The Hall–Kier alpha value is -2.39. The van der Waals surface area contributed by atoms with Crippen molar-refractivity contribution in [2.45, 2.75) is 0 Å². The van der Waals surface area contributed by atoms with Crippen molar-refractivity contribution in [2.24, 2.45) is 0 Å². The first kappa shape index (κ1) is 21.3. The highest BCUT2D eigenvalue weighted by Gasteiger charge is 2.21. The molecule has 0 bridgehead atoms. The minimum absolute atomic E-state index is 0.128. The summed E-state index contributed by atoms with van der Waals surface area (Å²) in [5.74, 6) is 0.994. The second-order valence-electron chi connectivity index (χ2n) is 6.13. The average Bonchev–Trinajstić information content (AvgIpc) is 2.71. The maximum Gasteiger partial charge on any atom is 0.216 e. The largest absolute Gasteiger partial charge is 0.328 e. The third-order valence-corrected chi connectivity index (χ3v) is 6.77. The molecule has 0 aliphatic rings. The first-order valence-electron chi connectivity index (χ1n) is 8.57. The van der Waals surface area contributed by atoms with Crippen LogP contribution in [0, 0.1) is 11.6 Å². The summed E-state index contributed by atoms with van der Waals surface area (Å²) < 4.78 is 41.1. The smallest absolute Gasteiger partial charge is 0.216 e. The van der Waals surface area contributed by atoms with Crippen molar-refractivity contribution in [2.75, 3.05) is 5.09 Å². The van der Waals surface area contributed by atoms with Crippen molar-refractivity contribution in [3.63, 3.8) is 0 Å². The molecule has 0 aromatic heterocycles. The number of rotatable bonds is 6. The van der Waals surface area contributed by atoms with Gasteiger partial charge in [-0.15, -0.1) is 0 Å². The number of hydrogen-bond acceptors (Lipinski definition) is 1. The molecule has 0 amide bonds. The van der Waals surface area contributed by atoms with Crippen molar-refractivity contribution in [3.8, 4) is 0 Å². The van der Waals surface area contributed by atoms with Gasteiger partial charge in [-0.1, -0.05) is 83.9 Å². The van der Waals surface area contributed by atoms with Gasteiger partial charge in [-0.3, -0.25) is 4.57 Å². The lowest BCUT2D eigenvalue weighted by molar-refractivity contribution is 0.581. The lowest BCUT2D eigenvalue weighted by Crippen LogP contribution is -1.97. The molecular weight excluding hydrogens is 434 g/mol. The highest BCUT2D eigenvalue weighted by Crippen LogP contribution is 2.53. The number of anilines is 1. The lowest BCUT2D eigenvalue weighted by Gasteiger charge is -2.16. The van der Waals surface area contributed by atoms with Crippen LogP contribution in [0.4, 0.5) is 14.5 Å². The van der Waals surface area contributed by atoms with E-state index < -0.39 is 18.9 Å². The summed E-state index contributed by atoms with van der Waals surface area (Å²) in [7, 11) is -3.63. The Kier molecular flexibility index (Phi) is 6.92. The monoisotopic (exact) mass is 449 g/mol. The molecule has 29 heavy (non-hydrogen) atoms. The second kappa shape index (κ2) is 9.41. The van der Waals surface area contributed by atoms with Gasteiger partial charge < -0.3 is 5.09 Å². The molecule has 3 aromatic rings. The van der Waals surface area contributed by atoms with Crippen LogP contribution in [0.5, 0.6) is 0 Å². The number of halogens is 4. The normalized spacial score (nSPS) is 14.3. The summed E-state index contributed by atoms with van der Waals surface area (Å²) in [6, 6.07) is 20.8. The van der Waals surface area contributed by atoms with Gasteiger partial charge in [-0.05, 0) is 23.3 Å². The van der Waals surface area contributed by atoms with E-state index in [2.05, 4.69) is 5.09 Å². The van der Waals surface area contributed by atoms with Crippen molar-refractivity contribution in [1.82, 2.24) is 0 Å². The van der Waals surface area contributed by atoms with Crippen LogP contribution in [0.3, 0.4) is 0 Å². The van der Waals surface area contributed by atoms with Gasteiger partial charge in [0.05, 0.1) is 15.8 Å². The Morgan fingerprint density at radius 3 is 1.72 bits per heavy atom. The standard InChI is InChI=1S/C22H16Cl2F2NOP/c23-19(16-7-3-1-4-8-16)14-29(28,15-20(24)17-9-5-2-6-10-17)27-22-12-11-18(25)13-21(22)26/h1-15H,(H,27,28). The predicted molar refractivity (Wildman–Crippen MR) is 118 cm³/mol. The number of benzene rings is 3. The zero-order chi connectivity index (χ0) is 20.9. The van der Waals surface area contributed by atoms with Gasteiger partial charge in [0.1, 0.15) is 11.6 Å². The SMILES string of the molecule is O=P(C=C(Cl)c1ccccc1)(C=C(Cl)c1ccccc1)Nc1ccc(F)cc1F. The van der Waals surface area contributed by atoms with E-state index >= 15 is 0 Å². The van der Waals surface area contributed by atoms with Crippen molar-refractivity contribution in [1.29, 1.82) is 0 Å². The van der Waals surface area contributed by atoms with Gasteiger partial charge in [0.25, 0.3) is 0 Å². The molecule has 7 heteroatoms. The molecule has 0 heterocycles. The quantitative estimate of drug-likeness (QED) is 0.384. The number of hydrogen-bond donors (Lipinski definition) is 1. The van der Waals surface area contributed by atoms with E-state index in [1.165, 1.54) is 17.7 Å². The Balaban J connectivity index is 2.06. The van der Waals surface area contributed by atoms with E-state index in [4.69, 9.17) is 23.2 Å². The third-order valence-electron chi connectivity index (χ3n) is 3.94. The van der Waals surface area contributed by atoms with Gasteiger partial charge in [0, 0.05) is 17.7 Å². The Morgan fingerprint density at radius 2 is 1.28 bits per heavy atom. The van der Waals surface area contributed by atoms with E-state index in [9.17, 15) is 13.3 Å². The molecule has 0 saturated heterocycles. The van der Waals surface area contributed by atoms with Crippen LogP contribution in [0.2, 0.25) is 0 Å². The molecule has 148 valence electrons. The maximum atomic E-state index is 14.2. The number of nitrogens with one attached hydrogen (secondary N) is 1. The maximum absolute atomic E-state index is 14.2. The molecule has 0 aliphatic heterocycles. The Bertz CT molecular complexity index is 1040. The summed E-state index contributed by atoms with van der Waals surface area (Å²) >= 11 is 12.7. The first-order chi connectivity index (χ1) is 13.9. The molecule has 0 radical (unpaired) electrons. The van der Waals surface area contributed by atoms with E-state index in [1.807, 2.05) is 12.1 Å². The van der Waals surface area contributed by atoms with Crippen LogP contribution in [0.25, 0.3) is 10.1 Å². The van der Waals surface area contributed by atoms with Crippen molar-refractivity contribution >= 4 is 46.2 Å². The Morgan fingerprint density at radius 1 is 0.793 bits per heavy atom. The van der Waals surface area contributed by atoms with E-state index in [-0.39, 0.29) is 15.8 Å². The molecule has 0 aliphatic carbocycles. The minimum atomic E-state index is -3.63. The summed E-state index contributed by atoms with van der Waals surface area (Å²) in [6.07, 6.45) is 0. The molecule has 2 nitrogen and oxygen atoms in total. The van der Waals surface area contributed by atoms with Crippen LogP contribution >= 0.6 is 30.5 Å². The molecule has 3 rings (SSSR count). The van der Waals surface area contributed by atoms with E-state index in [1.54, 1.807) is 48.5 Å². The minimum Gasteiger partial charge on any atom is -0.328 e. The van der Waals surface area contributed by atoms with Gasteiger partial charge in [-0.2, -0.15) is 0 Å². The van der Waals surface area contributed by atoms with Gasteiger partial charge in [-0.25, -0.2) is 8.78 Å². The van der Waals surface area contributed by atoms with Gasteiger partial charge in [0.15, 0.2) is 0 Å². The lowest BCUT2D eigenvalue weighted by atomic mass is 10.2. The topological polar surface area (TPSA) is 29.1 Å². The summed E-state index contributed by atoms with van der Waals surface area (Å²) in [4.78, 5) is 0. The summed E-state index contributed by atoms with van der Waals surface area (Å²) in [5, 5.41) is 3.06. The Labute approximate surface area is 177 Å². The highest BCUT2D eigenvalue weighted by molar-refractivity contribution is 7.72. The van der Waals surface area contributed by atoms with Gasteiger partial charge >= 0.3 is 0 Å². The predicted octanol–water partition coefficient (Wildman–Crippen LogP) is 8.13. The highest BCUT2D eigenvalue weighted by atomic mass is 35.5. The zero-order valence-electron chi connectivity index (χ0n) is 15.0. The van der Waals surface area contributed by atoms with Crippen LogP contribution < -0.4 is 5.09 Å². The fraction of sp³-hybridized carbons (Fsp3) is 0. The zero-order valence-corrected chi connectivity index (χ0v) is 17.4. The molecule has 0 saturated carbocycles. The summed E-state index contributed by atoms with van der Waals surface area (Å²) in [5.41, 5.74) is 1.15. The molecule has 0 unspecified atom stereocenters. The van der Waals surface area contributed by atoms with Crippen LogP contribution in [-0.2, 0) is 4.57 Å². The molecule has 0 atom stereocenters. The fourth-order valence-electron chi connectivity index (χ4n) is 2.55. The van der Waals surface area contributed by atoms with Crippen LogP contribution in [0.1, 0.15) is 11.1 Å². The molecule has 0 spiro atoms. The van der Waals surface area contributed by atoms with Crippen LogP contribution in [-0.4, -0.2) is 0 Å². The van der Waals surface area contributed by atoms with Crippen molar-refractivity contribution < 1.29 is 13.3 Å². The second-order valence-corrected chi connectivity index (χ2v) is 9.10. The van der Waals surface area contributed by atoms with Crippen molar-refractivity contribution in [3.05, 3.63) is 113 Å². The molecule has 0 fully saturated rings. The molecular formula is C22H16Cl2F2NOP. The molecule has 3 aromatic carbocycles. The third kappa shape index (κ3) is 5.80. The van der Waals surface area contributed by atoms with E-state index in [0.29, 0.717) is 17.2 Å². The first-order valence-corrected chi connectivity index (χ1v) is 11.2. The summed E-state index contributed by atoms with van der Waals surface area (Å²) in [6.45, 7) is 0. The average molecular weight is 450 g/mol.